The molecule has 0 aromatic heterocycles. The number of rotatable bonds is 9. The fraction of sp³-hybridized carbons (Fsp3) is 0.393. The van der Waals surface area contributed by atoms with E-state index in [0.29, 0.717) is 11.3 Å². The second-order valence-electron chi connectivity index (χ2n) is 8.92. The highest BCUT2D eigenvalue weighted by molar-refractivity contribution is 5.69. The molecule has 0 unspecified atom stereocenters. The molecular formula is C28H29NO11. The van der Waals surface area contributed by atoms with E-state index >= 15 is 0 Å². The summed E-state index contributed by atoms with van der Waals surface area (Å²) in [5.74, 6) is -5.20. The molecule has 12 nitrogen and oxygen atoms in total. The van der Waals surface area contributed by atoms with Gasteiger partial charge in [0.05, 0.1) is 11.6 Å². The molecule has 0 saturated carbocycles. The van der Waals surface area contributed by atoms with E-state index in [1.807, 2.05) is 6.07 Å². The normalized spacial score (nSPS) is 23.7. The van der Waals surface area contributed by atoms with Gasteiger partial charge in [0.15, 0.2) is 12.2 Å². The summed E-state index contributed by atoms with van der Waals surface area (Å²) in [5, 5.41) is 21.7. The molecule has 0 radical (unpaired) electrons. The van der Waals surface area contributed by atoms with Gasteiger partial charge in [-0.05, 0) is 24.3 Å². The molecule has 1 aliphatic heterocycles. The Kier molecular flexibility index (Phi) is 9.82. The zero-order chi connectivity index (χ0) is 29.4. The number of nitriles is 1. The summed E-state index contributed by atoms with van der Waals surface area (Å²) in [7, 11) is 0. The van der Waals surface area contributed by atoms with Gasteiger partial charge in [0.2, 0.25) is 11.9 Å². The molecule has 2 aromatic rings. The summed E-state index contributed by atoms with van der Waals surface area (Å²) in [4.78, 5) is 47.8. The largest absolute Gasteiger partial charge is 0.489 e. The van der Waals surface area contributed by atoms with Gasteiger partial charge in [-0.15, -0.1) is 0 Å². The van der Waals surface area contributed by atoms with Gasteiger partial charge in [0.1, 0.15) is 25.1 Å². The van der Waals surface area contributed by atoms with Crippen molar-refractivity contribution < 1.29 is 52.7 Å². The van der Waals surface area contributed by atoms with Crippen LogP contribution in [0.5, 0.6) is 5.75 Å². The van der Waals surface area contributed by atoms with Crippen molar-refractivity contribution in [2.45, 2.75) is 64.5 Å². The lowest BCUT2D eigenvalue weighted by Crippen LogP contribution is -2.66. The maximum absolute atomic E-state index is 12.1. The van der Waals surface area contributed by atoms with Crippen molar-refractivity contribution in [3.05, 3.63) is 65.2 Å². The van der Waals surface area contributed by atoms with Crippen LogP contribution in [-0.4, -0.2) is 60.0 Å². The number of carbonyl (C=O) groups excluding carboxylic acids is 4. The molecule has 5 atom stereocenters. The molecule has 0 amide bonds. The second-order valence-corrected chi connectivity index (χ2v) is 8.92. The first-order chi connectivity index (χ1) is 18.9. The lowest BCUT2D eigenvalue weighted by Gasteiger charge is -2.48. The van der Waals surface area contributed by atoms with Gasteiger partial charge in [0, 0.05) is 38.8 Å². The minimum Gasteiger partial charge on any atom is -0.489 e. The maximum atomic E-state index is 12.1. The van der Waals surface area contributed by atoms with Gasteiger partial charge in [-0.1, -0.05) is 24.3 Å². The Morgan fingerprint density at radius 3 is 2.10 bits per heavy atom. The molecule has 1 N–H and O–H groups in total. The number of esters is 4. The van der Waals surface area contributed by atoms with E-state index in [2.05, 4.69) is 6.07 Å². The number of hydrogen-bond acceptors (Lipinski definition) is 12. The van der Waals surface area contributed by atoms with Crippen LogP contribution in [0.2, 0.25) is 0 Å². The Morgan fingerprint density at radius 1 is 0.900 bits per heavy atom. The maximum Gasteiger partial charge on any atom is 0.303 e. The van der Waals surface area contributed by atoms with Gasteiger partial charge in [-0.25, -0.2) is 0 Å². The summed E-state index contributed by atoms with van der Waals surface area (Å²) in [6.45, 7) is 3.78. The Balaban J connectivity index is 2.12. The minimum atomic E-state index is -2.53. The van der Waals surface area contributed by atoms with E-state index in [1.54, 1.807) is 24.3 Å². The zero-order valence-electron chi connectivity index (χ0n) is 22.3. The van der Waals surface area contributed by atoms with Crippen molar-refractivity contribution in [1.82, 2.24) is 0 Å². The summed E-state index contributed by atoms with van der Waals surface area (Å²) in [6.07, 6.45) is -6.13. The van der Waals surface area contributed by atoms with Gasteiger partial charge < -0.3 is 33.5 Å². The minimum absolute atomic E-state index is 0.00402. The lowest BCUT2D eigenvalue weighted by molar-refractivity contribution is -0.360. The van der Waals surface area contributed by atoms with Crippen molar-refractivity contribution in [1.29, 1.82) is 5.26 Å². The first-order valence-corrected chi connectivity index (χ1v) is 12.2. The third kappa shape index (κ3) is 7.34. The molecule has 0 aliphatic carbocycles. The smallest absolute Gasteiger partial charge is 0.303 e. The van der Waals surface area contributed by atoms with Crippen LogP contribution >= 0.6 is 0 Å². The van der Waals surface area contributed by atoms with Crippen LogP contribution in [0.15, 0.2) is 48.5 Å². The molecule has 0 spiro atoms. The predicted molar refractivity (Wildman–Crippen MR) is 134 cm³/mol. The monoisotopic (exact) mass is 555 g/mol. The Bertz CT molecular complexity index is 1290. The van der Waals surface area contributed by atoms with E-state index < -0.39 is 60.7 Å². The zero-order valence-corrected chi connectivity index (χ0v) is 22.3. The first kappa shape index (κ1) is 30.1. The van der Waals surface area contributed by atoms with Crippen LogP contribution < -0.4 is 4.74 Å². The Morgan fingerprint density at radius 2 is 1.52 bits per heavy atom. The number of benzene rings is 2. The first-order valence-electron chi connectivity index (χ1n) is 12.2. The topological polar surface area (TPSA) is 168 Å². The molecule has 40 heavy (non-hydrogen) atoms. The Labute approximate surface area is 230 Å². The van der Waals surface area contributed by atoms with Gasteiger partial charge in [-0.2, -0.15) is 5.26 Å². The van der Waals surface area contributed by atoms with Crippen molar-refractivity contribution >= 4 is 23.9 Å². The number of nitrogens with zero attached hydrogens (tertiary/aromatic N) is 1. The van der Waals surface area contributed by atoms with Crippen molar-refractivity contribution in [2.24, 2.45) is 0 Å². The van der Waals surface area contributed by atoms with E-state index in [-0.39, 0.29) is 17.7 Å². The molecule has 1 aliphatic rings. The molecular weight excluding hydrogens is 526 g/mol. The number of aliphatic hydroxyl groups is 1. The fourth-order valence-corrected chi connectivity index (χ4v) is 4.24. The summed E-state index contributed by atoms with van der Waals surface area (Å²) >= 11 is 0. The van der Waals surface area contributed by atoms with Crippen molar-refractivity contribution in [3.8, 4) is 11.8 Å². The molecule has 1 fully saturated rings. The van der Waals surface area contributed by atoms with E-state index in [4.69, 9.17) is 28.4 Å². The highest BCUT2D eigenvalue weighted by Crippen LogP contribution is 2.41. The summed E-state index contributed by atoms with van der Waals surface area (Å²) in [6, 6.07) is 15.0. The third-order valence-corrected chi connectivity index (χ3v) is 5.83. The number of para-hydroxylation sites is 1. The molecule has 1 heterocycles. The molecule has 0 bridgehead atoms. The standard InChI is InChI=1S/C28H29NO11/c1-16(30)35-15-24-25(37-17(2)31)26(38-18(3)32)27(39-19(4)33)28(34,40-24)22-11-10-20(13-29)21(12-22)14-36-23-8-6-5-7-9-23/h5-12,24-27,34H,14-15H2,1-4H3/t24-,25-,26+,27-,28-/m1/s1. The van der Waals surface area contributed by atoms with Crippen LogP contribution in [-0.2, 0) is 55.3 Å². The quantitative estimate of drug-likeness (QED) is 0.354. The van der Waals surface area contributed by atoms with Gasteiger partial charge >= 0.3 is 23.9 Å². The van der Waals surface area contributed by atoms with Crippen molar-refractivity contribution in [2.75, 3.05) is 6.61 Å². The highest BCUT2D eigenvalue weighted by atomic mass is 16.7. The van der Waals surface area contributed by atoms with E-state index in [9.17, 15) is 29.5 Å². The average Bonchev–Trinajstić information content (AvgIpc) is 2.89. The van der Waals surface area contributed by atoms with E-state index in [0.717, 1.165) is 27.7 Å². The van der Waals surface area contributed by atoms with Crippen LogP contribution in [0.4, 0.5) is 0 Å². The lowest BCUT2D eigenvalue weighted by atomic mass is 9.86. The second kappa shape index (κ2) is 13.1. The van der Waals surface area contributed by atoms with Crippen molar-refractivity contribution in [3.63, 3.8) is 0 Å². The molecule has 12 heteroatoms. The Hall–Kier alpha value is -4.47. The number of hydrogen-bond donors (Lipinski definition) is 1. The molecule has 1 saturated heterocycles. The molecule has 2 aromatic carbocycles. The van der Waals surface area contributed by atoms with E-state index in [1.165, 1.54) is 18.2 Å². The van der Waals surface area contributed by atoms with Gasteiger partial charge in [0.25, 0.3) is 0 Å². The number of carbonyl (C=O) groups is 4. The third-order valence-electron chi connectivity index (χ3n) is 5.83. The fourth-order valence-electron chi connectivity index (χ4n) is 4.24. The highest BCUT2D eigenvalue weighted by Gasteiger charge is 2.60. The summed E-state index contributed by atoms with van der Waals surface area (Å²) < 4.78 is 32.9. The van der Waals surface area contributed by atoms with Crippen LogP contribution in [0.1, 0.15) is 44.4 Å². The predicted octanol–water partition coefficient (Wildman–Crippen LogP) is 2.04. The van der Waals surface area contributed by atoms with Crippen LogP contribution in [0.3, 0.4) is 0 Å². The average molecular weight is 556 g/mol. The SMILES string of the molecule is CC(=O)OC[C@H]1O[C@](O)(c2ccc(C#N)c(COc3ccccc3)c2)[C@H](OC(C)=O)[C@@H](OC(C)=O)[C@@H]1OC(C)=O. The van der Waals surface area contributed by atoms with Crippen LogP contribution in [0.25, 0.3) is 0 Å². The van der Waals surface area contributed by atoms with Gasteiger partial charge in [-0.3, -0.25) is 19.2 Å². The molecule has 3 rings (SSSR count). The molecule has 212 valence electrons. The summed E-state index contributed by atoms with van der Waals surface area (Å²) in [5.41, 5.74) is 0.578. The number of ether oxygens (including phenoxy) is 6. The van der Waals surface area contributed by atoms with Crippen LogP contribution in [0, 0.1) is 11.3 Å².